The molecule has 0 atom stereocenters. The molecule has 0 nitrogen and oxygen atoms in total. The topological polar surface area (TPSA) is 0 Å². The van der Waals surface area contributed by atoms with E-state index >= 15 is 0 Å². The van der Waals surface area contributed by atoms with Crippen LogP contribution >= 0.6 is 0 Å². The molecule has 0 amide bonds. The van der Waals surface area contributed by atoms with E-state index in [4.69, 9.17) is 0 Å². The lowest BCUT2D eigenvalue weighted by Crippen LogP contribution is -2.31. The van der Waals surface area contributed by atoms with Gasteiger partial charge in [0, 0.05) is 0 Å². The Hall–Kier alpha value is -0.260. The summed E-state index contributed by atoms with van der Waals surface area (Å²) in [5.74, 6) is 1.79. The van der Waals surface area contributed by atoms with Gasteiger partial charge in [-0.3, -0.25) is 0 Å². The molecule has 0 aromatic carbocycles. The van der Waals surface area contributed by atoms with Crippen LogP contribution in [0.15, 0.2) is 12.2 Å². The third kappa shape index (κ3) is 3.86. The van der Waals surface area contributed by atoms with Gasteiger partial charge in [0.25, 0.3) is 0 Å². The Morgan fingerprint density at radius 1 is 1.06 bits per heavy atom. The van der Waals surface area contributed by atoms with E-state index in [1.165, 1.54) is 56.9 Å². The zero-order valence-corrected chi connectivity index (χ0v) is 12.5. The first kappa shape index (κ1) is 14.8. The molecular weight excluding hydrogens is 204 g/mol. The second-order valence-corrected chi connectivity index (χ2v) is 6.55. The van der Waals surface area contributed by atoms with Crippen LogP contribution in [0.3, 0.4) is 0 Å². The van der Waals surface area contributed by atoms with Crippen molar-refractivity contribution in [1.29, 1.82) is 0 Å². The molecule has 0 saturated heterocycles. The molecule has 0 aromatic rings. The molecule has 0 N–H and O–H groups in total. The Morgan fingerprint density at radius 3 is 1.88 bits per heavy atom. The van der Waals surface area contributed by atoms with Crippen molar-refractivity contribution < 1.29 is 0 Å². The van der Waals surface area contributed by atoms with Crippen LogP contribution in [-0.4, -0.2) is 0 Å². The highest BCUT2D eigenvalue weighted by Crippen LogP contribution is 2.46. The molecule has 0 spiro atoms. The minimum Gasteiger partial charge on any atom is -0.0999 e. The third-order valence-electron chi connectivity index (χ3n) is 5.05. The summed E-state index contributed by atoms with van der Waals surface area (Å²) in [6.45, 7) is 13.6. The zero-order valence-electron chi connectivity index (χ0n) is 12.5. The van der Waals surface area contributed by atoms with Gasteiger partial charge in [-0.1, -0.05) is 45.8 Å². The quantitative estimate of drug-likeness (QED) is 0.498. The summed E-state index contributed by atoms with van der Waals surface area (Å²) in [6.07, 6.45) is 11.2. The summed E-state index contributed by atoms with van der Waals surface area (Å²) in [6, 6.07) is 0. The van der Waals surface area contributed by atoms with Crippen LogP contribution in [0.2, 0.25) is 0 Å². The van der Waals surface area contributed by atoms with Crippen LogP contribution in [0.25, 0.3) is 0 Å². The Morgan fingerprint density at radius 2 is 1.53 bits per heavy atom. The molecule has 0 radical (unpaired) electrons. The van der Waals surface area contributed by atoms with Gasteiger partial charge in [0.05, 0.1) is 0 Å². The molecule has 17 heavy (non-hydrogen) atoms. The minimum absolute atomic E-state index is 0.615. The molecule has 0 aliphatic heterocycles. The fraction of sp³-hybridized carbons (Fsp3) is 0.882. The highest BCUT2D eigenvalue weighted by atomic mass is 14.4. The van der Waals surface area contributed by atoms with Gasteiger partial charge in [-0.2, -0.15) is 0 Å². The normalized spacial score (nSPS) is 25.9. The summed E-state index contributed by atoms with van der Waals surface area (Å²) >= 11 is 0. The first-order chi connectivity index (χ1) is 8.03. The fourth-order valence-electron chi connectivity index (χ4n) is 3.96. The van der Waals surface area contributed by atoms with Gasteiger partial charge >= 0.3 is 0 Å². The molecular formula is C17H32. The summed E-state index contributed by atoms with van der Waals surface area (Å²) in [4.78, 5) is 0. The molecule has 0 bridgehead atoms. The molecule has 1 fully saturated rings. The maximum atomic E-state index is 4.14. The van der Waals surface area contributed by atoms with Gasteiger partial charge in [-0.05, 0) is 62.7 Å². The average molecular weight is 236 g/mol. The molecule has 1 aliphatic carbocycles. The predicted molar refractivity (Wildman–Crippen MR) is 78.2 cm³/mol. The maximum absolute atomic E-state index is 4.14. The zero-order chi connectivity index (χ0) is 12.9. The van der Waals surface area contributed by atoms with E-state index in [9.17, 15) is 0 Å². The van der Waals surface area contributed by atoms with Crippen LogP contribution in [0, 0.1) is 17.3 Å². The second-order valence-electron chi connectivity index (χ2n) is 6.55. The summed E-state index contributed by atoms with van der Waals surface area (Å²) < 4.78 is 0. The van der Waals surface area contributed by atoms with E-state index in [0.29, 0.717) is 5.41 Å². The smallest absolute Gasteiger partial charge is 0.0208 e. The SMILES string of the molecule is C=C(C)C1CCC(C(C)(CCC)CCC)CC1. The van der Waals surface area contributed by atoms with Crippen molar-refractivity contribution in [2.75, 3.05) is 0 Å². The van der Waals surface area contributed by atoms with Crippen molar-refractivity contribution >= 4 is 0 Å². The molecule has 1 rings (SSSR count). The highest BCUT2D eigenvalue weighted by molar-refractivity contribution is 4.99. The van der Waals surface area contributed by atoms with Gasteiger partial charge < -0.3 is 0 Å². The number of rotatable bonds is 6. The summed E-state index contributed by atoms with van der Waals surface area (Å²) in [5, 5.41) is 0. The minimum atomic E-state index is 0.615. The first-order valence-corrected chi connectivity index (χ1v) is 7.69. The maximum Gasteiger partial charge on any atom is -0.0208 e. The number of hydrogen-bond donors (Lipinski definition) is 0. The van der Waals surface area contributed by atoms with E-state index < -0.39 is 0 Å². The van der Waals surface area contributed by atoms with Crippen LogP contribution in [0.5, 0.6) is 0 Å². The highest BCUT2D eigenvalue weighted by Gasteiger charge is 2.35. The van der Waals surface area contributed by atoms with Gasteiger partial charge in [-0.15, -0.1) is 0 Å². The van der Waals surface area contributed by atoms with E-state index in [1.807, 2.05) is 0 Å². The second kappa shape index (κ2) is 6.61. The predicted octanol–water partition coefficient (Wildman–Crippen LogP) is 5.98. The summed E-state index contributed by atoms with van der Waals surface area (Å²) in [7, 11) is 0. The molecule has 0 heteroatoms. The van der Waals surface area contributed by atoms with Gasteiger partial charge in [0.1, 0.15) is 0 Å². The molecule has 0 unspecified atom stereocenters. The lowest BCUT2D eigenvalue weighted by Gasteiger charge is -2.42. The molecule has 100 valence electrons. The van der Waals surface area contributed by atoms with Crippen molar-refractivity contribution in [3.63, 3.8) is 0 Å². The molecule has 0 heterocycles. The fourth-order valence-corrected chi connectivity index (χ4v) is 3.96. The van der Waals surface area contributed by atoms with Crippen LogP contribution in [-0.2, 0) is 0 Å². The van der Waals surface area contributed by atoms with E-state index in [0.717, 1.165) is 11.8 Å². The Kier molecular flexibility index (Phi) is 5.76. The van der Waals surface area contributed by atoms with E-state index in [2.05, 4.69) is 34.3 Å². The van der Waals surface area contributed by atoms with Crippen LogP contribution < -0.4 is 0 Å². The average Bonchev–Trinajstić information content (AvgIpc) is 2.30. The van der Waals surface area contributed by atoms with Gasteiger partial charge in [0.2, 0.25) is 0 Å². The van der Waals surface area contributed by atoms with E-state index in [1.54, 1.807) is 0 Å². The molecule has 1 aliphatic rings. The Bertz CT molecular complexity index is 224. The Labute approximate surface area is 109 Å². The van der Waals surface area contributed by atoms with Crippen molar-refractivity contribution in [3.8, 4) is 0 Å². The van der Waals surface area contributed by atoms with Crippen molar-refractivity contribution in [1.82, 2.24) is 0 Å². The first-order valence-electron chi connectivity index (χ1n) is 7.69. The number of hydrogen-bond acceptors (Lipinski definition) is 0. The van der Waals surface area contributed by atoms with Crippen molar-refractivity contribution in [2.24, 2.45) is 17.3 Å². The monoisotopic (exact) mass is 236 g/mol. The third-order valence-corrected chi connectivity index (χ3v) is 5.05. The molecule has 0 aromatic heterocycles. The van der Waals surface area contributed by atoms with Crippen molar-refractivity contribution in [3.05, 3.63) is 12.2 Å². The largest absolute Gasteiger partial charge is 0.0999 e. The van der Waals surface area contributed by atoms with Crippen molar-refractivity contribution in [2.45, 2.75) is 79.1 Å². The lowest BCUT2D eigenvalue weighted by molar-refractivity contribution is 0.0992. The van der Waals surface area contributed by atoms with Crippen LogP contribution in [0.4, 0.5) is 0 Å². The Balaban J connectivity index is 2.57. The molecule has 1 saturated carbocycles. The standard InChI is InChI=1S/C17H32/c1-6-12-17(5,13-7-2)16-10-8-15(9-11-16)14(3)4/h15-16H,3,6-13H2,1-2,4-5H3. The van der Waals surface area contributed by atoms with Gasteiger partial charge in [-0.25, -0.2) is 0 Å². The van der Waals surface area contributed by atoms with Crippen LogP contribution in [0.1, 0.15) is 79.1 Å². The lowest BCUT2D eigenvalue weighted by atomic mass is 9.63. The summed E-state index contributed by atoms with van der Waals surface area (Å²) in [5.41, 5.74) is 2.03. The van der Waals surface area contributed by atoms with Gasteiger partial charge in [0.15, 0.2) is 0 Å². The van der Waals surface area contributed by atoms with E-state index in [-0.39, 0.29) is 0 Å². The number of allylic oxidation sites excluding steroid dienone is 1.